The highest BCUT2D eigenvalue weighted by Crippen LogP contribution is 2.22. The van der Waals surface area contributed by atoms with Crippen molar-refractivity contribution in [2.45, 2.75) is 116 Å². The van der Waals surface area contributed by atoms with Gasteiger partial charge in [0.25, 0.3) is 20.2 Å². The van der Waals surface area contributed by atoms with Gasteiger partial charge < -0.3 is 4.74 Å². The van der Waals surface area contributed by atoms with E-state index >= 15 is 0 Å². The van der Waals surface area contributed by atoms with Gasteiger partial charge in [-0.2, -0.15) is 16.8 Å². The molecular formula is C27H46O8S2. The molecule has 37 heavy (non-hydrogen) atoms. The van der Waals surface area contributed by atoms with Crippen LogP contribution >= 0.6 is 0 Å². The smallest absolute Gasteiger partial charge is 0.306 e. The van der Waals surface area contributed by atoms with Crippen molar-refractivity contribution >= 4 is 26.2 Å². The monoisotopic (exact) mass is 562 g/mol. The van der Waals surface area contributed by atoms with Gasteiger partial charge in [0, 0.05) is 6.42 Å². The number of hydrogen-bond donors (Lipinski definition) is 0. The van der Waals surface area contributed by atoms with Gasteiger partial charge in [0.1, 0.15) is 18.8 Å². The Bertz CT molecular complexity index is 946. The first-order chi connectivity index (χ1) is 17.5. The van der Waals surface area contributed by atoms with E-state index in [1.807, 2.05) is 30.3 Å². The van der Waals surface area contributed by atoms with Crippen LogP contribution in [0.15, 0.2) is 30.3 Å². The molecule has 0 radical (unpaired) electrons. The molecule has 1 rings (SSSR count). The van der Waals surface area contributed by atoms with Gasteiger partial charge in [0.15, 0.2) is 0 Å². The number of ether oxygens (including phenoxy) is 1. The zero-order chi connectivity index (χ0) is 27.6. The van der Waals surface area contributed by atoms with Crippen molar-refractivity contribution in [1.29, 1.82) is 0 Å². The minimum absolute atomic E-state index is 0.221. The maximum absolute atomic E-state index is 11.9. The molecule has 0 saturated carbocycles. The van der Waals surface area contributed by atoms with E-state index in [1.54, 1.807) is 0 Å². The summed E-state index contributed by atoms with van der Waals surface area (Å²) in [7, 11) is -7.55. The summed E-state index contributed by atoms with van der Waals surface area (Å²) in [5, 5.41) is 0. The van der Waals surface area contributed by atoms with E-state index in [-0.39, 0.29) is 12.6 Å². The number of benzene rings is 1. The third-order valence-corrected chi connectivity index (χ3v) is 7.16. The van der Waals surface area contributed by atoms with Crippen LogP contribution in [0.5, 0.6) is 0 Å². The minimum Gasteiger partial charge on any atom is -0.461 e. The second kappa shape index (κ2) is 18.7. The minimum atomic E-state index is -3.78. The Labute approximate surface area is 224 Å². The second-order valence-electron chi connectivity index (χ2n) is 9.69. The molecule has 2 atom stereocenters. The molecule has 0 aliphatic carbocycles. The zero-order valence-electron chi connectivity index (χ0n) is 22.7. The van der Waals surface area contributed by atoms with Crippen LogP contribution < -0.4 is 0 Å². The molecule has 1 aromatic rings. The molecule has 214 valence electrons. The Morgan fingerprint density at radius 2 is 1.16 bits per heavy atom. The summed E-state index contributed by atoms with van der Waals surface area (Å²) in [5.41, 5.74) is 0.955. The average molecular weight is 563 g/mol. The van der Waals surface area contributed by atoms with Crippen molar-refractivity contribution in [3.05, 3.63) is 35.9 Å². The molecule has 10 heteroatoms. The highest BCUT2D eigenvalue weighted by atomic mass is 32.2. The summed E-state index contributed by atoms with van der Waals surface area (Å²) in [6, 6.07) is 9.54. The van der Waals surface area contributed by atoms with Crippen molar-refractivity contribution in [2.75, 3.05) is 12.5 Å². The van der Waals surface area contributed by atoms with E-state index in [0.29, 0.717) is 25.7 Å². The van der Waals surface area contributed by atoms with Gasteiger partial charge in [-0.1, -0.05) is 101 Å². The quantitative estimate of drug-likeness (QED) is 0.0975. The lowest BCUT2D eigenvalue weighted by molar-refractivity contribution is -0.145. The highest BCUT2D eigenvalue weighted by Gasteiger charge is 2.29. The Balaban J connectivity index is 2.43. The number of unbranched alkanes of at least 4 members (excludes halogenated alkanes) is 9. The number of carbonyl (C=O) groups excluding carboxylic acids is 1. The lowest BCUT2D eigenvalue weighted by Crippen LogP contribution is -2.35. The molecular weight excluding hydrogens is 516 g/mol. The van der Waals surface area contributed by atoms with Gasteiger partial charge in [-0.15, -0.1) is 0 Å². The molecule has 0 aliphatic heterocycles. The van der Waals surface area contributed by atoms with Crippen molar-refractivity contribution in [1.82, 2.24) is 0 Å². The van der Waals surface area contributed by atoms with Gasteiger partial charge in [-0.25, -0.2) is 0 Å². The maximum atomic E-state index is 11.9. The SMILES string of the molecule is CCCCCCCC[C@@H](OS(C)(=O)=O)[C@H](CCCCCCCC(=O)OCc1ccccc1)OS(C)(=O)=O. The molecule has 0 aromatic heterocycles. The summed E-state index contributed by atoms with van der Waals surface area (Å²) in [5.74, 6) is -0.221. The van der Waals surface area contributed by atoms with E-state index in [1.165, 1.54) is 0 Å². The third kappa shape index (κ3) is 19.3. The average Bonchev–Trinajstić information content (AvgIpc) is 2.82. The summed E-state index contributed by atoms with van der Waals surface area (Å²) >= 11 is 0. The lowest BCUT2D eigenvalue weighted by atomic mass is 9.99. The van der Waals surface area contributed by atoms with E-state index in [4.69, 9.17) is 13.1 Å². The molecule has 0 N–H and O–H groups in total. The van der Waals surface area contributed by atoms with Gasteiger partial charge >= 0.3 is 5.97 Å². The summed E-state index contributed by atoms with van der Waals surface area (Å²) in [6.07, 6.45) is 11.5. The highest BCUT2D eigenvalue weighted by molar-refractivity contribution is 7.86. The topological polar surface area (TPSA) is 113 Å². The lowest BCUT2D eigenvalue weighted by Gasteiger charge is -2.25. The molecule has 0 fully saturated rings. The fourth-order valence-corrected chi connectivity index (χ4v) is 5.46. The van der Waals surface area contributed by atoms with Gasteiger partial charge in [-0.05, 0) is 24.8 Å². The van der Waals surface area contributed by atoms with Crippen molar-refractivity contribution in [3.63, 3.8) is 0 Å². The molecule has 8 nitrogen and oxygen atoms in total. The van der Waals surface area contributed by atoms with Crippen molar-refractivity contribution < 1.29 is 34.7 Å². The maximum Gasteiger partial charge on any atom is 0.306 e. The van der Waals surface area contributed by atoms with Crippen LogP contribution in [0.4, 0.5) is 0 Å². The van der Waals surface area contributed by atoms with Crippen LogP contribution in [0.1, 0.15) is 102 Å². The normalized spacial score (nSPS) is 13.8. The number of carbonyl (C=O) groups is 1. The van der Waals surface area contributed by atoms with Gasteiger partial charge in [0.05, 0.1) is 12.5 Å². The fraction of sp³-hybridized carbons (Fsp3) is 0.741. The van der Waals surface area contributed by atoms with E-state index in [0.717, 1.165) is 82.3 Å². The second-order valence-corrected chi connectivity index (χ2v) is 12.9. The molecule has 0 spiro atoms. The molecule has 0 aliphatic rings. The zero-order valence-corrected chi connectivity index (χ0v) is 24.4. The van der Waals surface area contributed by atoms with Crippen LogP contribution in [0.3, 0.4) is 0 Å². The van der Waals surface area contributed by atoms with Crippen LogP contribution in [-0.4, -0.2) is 47.5 Å². The predicted molar refractivity (Wildman–Crippen MR) is 146 cm³/mol. The van der Waals surface area contributed by atoms with Crippen LogP contribution in [-0.2, 0) is 44.7 Å². The molecule has 0 amide bonds. The Hall–Kier alpha value is -1.49. The Morgan fingerprint density at radius 3 is 1.65 bits per heavy atom. The van der Waals surface area contributed by atoms with Crippen LogP contribution in [0.2, 0.25) is 0 Å². The van der Waals surface area contributed by atoms with Crippen molar-refractivity contribution in [3.8, 4) is 0 Å². The van der Waals surface area contributed by atoms with Crippen LogP contribution in [0.25, 0.3) is 0 Å². The molecule has 0 saturated heterocycles. The molecule has 0 heterocycles. The summed E-state index contributed by atoms with van der Waals surface area (Å²) in [4.78, 5) is 11.9. The largest absolute Gasteiger partial charge is 0.461 e. The van der Waals surface area contributed by atoms with Gasteiger partial charge in [0.2, 0.25) is 0 Å². The molecule has 0 unspecified atom stereocenters. The predicted octanol–water partition coefficient (Wildman–Crippen LogP) is 5.90. The first kappa shape index (κ1) is 33.5. The standard InChI is InChI=1S/C27H46O8S2/c1-4-5-6-7-9-15-20-25(34-36(2,29)30)26(35-37(3,31)32)21-16-10-8-11-17-22-27(28)33-23-24-18-13-12-14-19-24/h12-14,18-19,25-26H,4-11,15-17,20-23H2,1-3H3/t25-,26+/m1/s1. The summed E-state index contributed by atoms with van der Waals surface area (Å²) in [6.45, 7) is 2.42. The fourth-order valence-electron chi connectivity index (χ4n) is 4.12. The first-order valence-corrected chi connectivity index (χ1v) is 17.1. The third-order valence-electron chi connectivity index (χ3n) is 5.97. The molecule has 1 aromatic carbocycles. The van der Waals surface area contributed by atoms with Crippen LogP contribution in [0, 0.1) is 0 Å². The Morgan fingerprint density at radius 1 is 0.703 bits per heavy atom. The first-order valence-electron chi connectivity index (χ1n) is 13.5. The van der Waals surface area contributed by atoms with E-state index < -0.39 is 32.4 Å². The number of rotatable bonds is 22. The van der Waals surface area contributed by atoms with Gasteiger partial charge in [-0.3, -0.25) is 13.2 Å². The Kier molecular flexibility index (Phi) is 17.0. The van der Waals surface area contributed by atoms with E-state index in [2.05, 4.69) is 6.92 Å². The molecule has 0 bridgehead atoms. The summed E-state index contributed by atoms with van der Waals surface area (Å²) < 4.78 is 63.3. The van der Waals surface area contributed by atoms with Crippen molar-refractivity contribution in [2.24, 2.45) is 0 Å². The number of hydrogen-bond acceptors (Lipinski definition) is 8. The number of esters is 1. The van der Waals surface area contributed by atoms with E-state index in [9.17, 15) is 21.6 Å².